The molecule has 0 amide bonds. The van der Waals surface area contributed by atoms with E-state index in [1.54, 1.807) is 13.1 Å². The van der Waals surface area contributed by atoms with Crippen molar-refractivity contribution in [2.45, 2.75) is 6.92 Å². The molecule has 0 bridgehead atoms. The number of nitrogens with zero attached hydrogens (tertiary/aromatic N) is 3. The van der Waals surface area contributed by atoms with Gasteiger partial charge in [-0.2, -0.15) is 0 Å². The predicted molar refractivity (Wildman–Crippen MR) is 49.5 cm³/mol. The molecule has 0 saturated heterocycles. The Kier molecular flexibility index (Phi) is 1.62. The van der Waals surface area contributed by atoms with Gasteiger partial charge < -0.3 is 4.57 Å². The molecule has 66 valence electrons. The smallest absolute Gasteiger partial charge is 0.279 e. The molecule has 0 aliphatic heterocycles. The highest BCUT2D eigenvalue weighted by molar-refractivity contribution is 5.72. The van der Waals surface area contributed by atoms with Crippen LogP contribution >= 0.6 is 0 Å². The Labute approximate surface area is 74.9 Å². The lowest BCUT2D eigenvalue weighted by Crippen LogP contribution is -2.18. The monoisotopic (exact) mass is 175 g/mol. The van der Waals surface area contributed by atoms with Crippen molar-refractivity contribution in [1.82, 2.24) is 14.5 Å². The van der Waals surface area contributed by atoms with Gasteiger partial charge >= 0.3 is 0 Å². The molecule has 0 fully saturated rings. The average molecular weight is 175 g/mol. The fourth-order valence-electron chi connectivity index (χ4n) is 1.18. The Hall–Kier alpha value is -1.71. The van der Waals surface area contributed by atoms with Gasteiger partial charge in [0.1, 0.15) is 0 Å². The van der Waals surface area contributed by atoms with Crippen molar-refractivity contribution in [2.75, 3.05) is 0 Å². The second-order valence-corrected chi connectivity index (χ2v) is 2.98. The molecule has 0 aromatic carbocycles. The number of rotatable bonds is 0. The van der Waals surface area contributed by atoms with E-state index in [1.807, 2.05) is 13.0 Å². The number of aromatic nitrogens is 3. The van der Waals surface area contributed by atoms with Gasteiger partial charge in [0.25, 0.3) is 5.56 Å². The van der Waals surface area contributed by atoms with Crippen LogP contribution in [0.3, 0.4) is 0 Å². The number of hydrogen-bond donors (Lipinski definition) is 0. The van der Waals surface area contributed by atoms with Crippen LogP contribution < -0.4 is 5.56 Å². The van der Waals surface area contributed by atoms with Crippen molar-refractivity contribution in [3.63, 3.8) is 0 Å². The summed E-state index contributed by atoms with van der Waals surface area (Å²) >= 11 is 0. The van der Waals surface area contributed by atoms with E-state index in [-0.39, 0.29) is 5.56 Å². The minimum atomic E-state index is -0.103. The highest BCUT2D eigenvalue weighted by atomic mass is 16.1. The minimum absolute atomic E-state index is 0.103. The van der Waals surface area contributed by atoms with Crippen LogP contribution in [0.2, 0.25) is 0 Å². The first-order chi connectivity index (χ1) is 6.18. The number of pyridine rings is 1. The van der Waals surface area contributed by atoms with Crippen LogP contribution in [0.1, 0.15) is 5.69 Å². The molecule has 2 rings (SSSR count). The van der Waals surface area contributed by atoms with E-state index >= 15 is 0 Å². The summed E-state index contributed by atoms with van der Waals surface area (Å²) in [7, 11) is 1.67. The maximum absolute atomic E-state index is 11.5. The summed E-state index contributed by atoms with van der Waals surface area (Å²) in [6.07, 6.45) is 1.50. The van der Waals surface area contributed by atoms with E-state index in [0.717, 1.165) is 5.69 Å². The summed E-state index contributed by atoms with van der Waals surface area (Å²) in [4.78, 5) is 19.8. The molecule has 0 saturated carbocycles. The van der Waals surface area contributed by atoms with Crippen molar-refractivity contribution in [2.24, 2.45) is 7.05 Å². The van der Waals surface area contributed by atoms with Crippen molar-refractivity contribution in [1.29, 1.82) is 0 Å². The zero-order chi connectivity index (χ0) is 9.42. The molecule has 4 heteroatoms. The zero-order valence-corrected chi connectivity index (χ0v) is 7.48. The fourth-order valence-corrected chi connectivity index (χ4v) is 1.18. The first kappa shape index (κ1) is 7.91. The predicted octanol–water partition coefficient (Wildman–Crippen LogP) is 0.637. The molecule has 0 unspecified atom stereocenters. The molecule has 2 aromatic rings. The van der Waals surface area contributed by atoms with Gasteiger partial charge in [0.2, 0.25) is 0 Å². The second-order valence-electron chi connectivity index (χ2n) is 2.98. The van der Waals surface area contributed by atoms with Crippen molar-refractivity contribution in [3.05, 3.63) is 34.5 Å². The first-order valence-corrected chi connectivity index (χ1v) is 3.97. The summed E-state index contributed by atoms with van der Waals surface area (Å²) in [5, 5.41) is 0. The molecule has 0 spiro atoms. The standard InChI is InChI=1S/C9H9N3O/c1-6-3-4-7-8(11-6)9(13)12(2)5-10-7/h3-5H,1-2H3. The van der Waals surface area contributed by atoms with E-state index in [2.05, 4.69) is 9.97 Å². The van der Waals surface area contributed by atoms with Crippen LogP contribution in [0.4, 0.5) is 0 Å². The fraction of sp³-hybridized carbons (Fsp3) is 0.222. The summed E-state index contributed by atoms with van der Waals surface area (Å²) in [5.74, 6) is 0. The maximum Gasteiger partial charge on any atom is 0.279 e. The minimum Gasteiger partial charge on any atom is -0.301 e. The average Bonchev–Trinajstić information content (AvgIpc) is 2.12. The lowest BCUT2D eigenvalue weighted by molar-refractivity contribution is 0.837. The van der Waals surface area contributed by atoms with Gasteiger partial charge in [-0.15, -0.1) is 0 Å². The molecule has 2 aromatic heterocycles. The second kappa shape index (κ2) is 2.65. The highest BCUT2D eigenvalue weighted by Gasteiger charge is 2.02. The van der Waals surface area contributed by atoms with Crippen LogP contribution in [0.25, 0.3) is 11.0 Å². The molecule has 2 heterocycles. The molecule has 0 radical (unpaired) electrons. The SMILES string of the molecule is Cc1ccc2ncn(C)c(=O)c2n1. The Bertz CT molecular complexity index is 510. The summed E-state index contributed by atoms with van der Waals surface area (Å²) in [6, 6.07) is 3.65. The van der Waals surface area contributed by atoms with Gasteiger partial charge in [0.05, 0.1) is 11.8 Å². The van der Waals surface area contributed by atoms with E-state index in [1.165, 1.54) is 10.9 Å². The van der Waals surface area contributed by atoms with Gasteiger partial charge in [-0.1, -0.05) is 0 Å². The summed E-state index contributed by atoms with van der Waals surface area (Å²) in [6.45, 7) is 1.85. The molecule has 0 atom stereocenters. The molecule has 0 N–H and O–H groups in total. The van der Waals surface area contributed by atoms with Gasteiger partial charge in [-0.05, 0) is 19.1 Å². The molecule has 4 nitrogen and oxygen atoms in total. The zero-order valence-electron chi connectivity index (χ0n) is 7.48. The lowest BCUT2D eigenvalue weighted by atomic mass is 10.3. The van der Waals surface area contributed by atoms with E-state index in [0.29, 0.717) is 11.0 Å². The number of hydrogen-bond acceptors (Lipinski definition) is 3. The number of fused-ring (bicyclic) bond motifs is 1. The summed E-state index contributed by atoms with van der Waals surface area (Å²) < 4.78 is 1.43. The maximum atomic E-state index is 11.5. The Balaban J connectivity index is 2.97. The quantitative estimate of drug-likeness (QED) is 0.590. The third-order valence-corrected chi connectivity index (χ3v) is 1.91. The van der Waals surface area contributed by atoms with E-state index < -0.39 is 0 Å². The normalized spacial score (nSPS) is 10.6. The van der Waals surface area contributed by atoms with E-state index in [9.17, 15) is 4.79 Å². The summed E-state index contributed by atoms with van der Waals surface area (Å²) in [5.41, 5.74) is 1.81. The molecule has 0 aliphatic carbocycles. The van der Waals surface area contributed by atoms with Crippen LogP contribution in [-0.4, -0.2) is 14.5 Å². The lowest BCUT2D eigenvalue weighted by Gasteiger charge is -1.99. The Morgan fingerprint density at radius 2 is 2.15 bits per heavy atom. The largest absolute Gasteiger partial charge is 0.301 e. The van der Waals surface area contributed by atoms with Crippen LogP contribution in [0.15, 0.2) is 23.3 Å². The van der Waals surface area contributed by atoms with Gasteiger partial charge in [-0.25, -0.2) is 9.97 Å². The highest BCUT2D eigenvalue weighted by Crippen LogP contribution is 2.03. The molecular weight excluding hydrogens is 166 g/mol. The number of aryl methyl sites for hydroxylation is 2. The molecular formula is C9H9N3O. The van der Waals surface area contributed by atoms with Crippen LogP contribution in [0.5, 0.6) is 0 Å². The third kappa shape index (κ3) is 1.20. The Morgan fingerprint density at radius 3 is 2.92 bits per heavy atom. The van der Waals surface area contributed by atoms with Gasteiger partial charge in [-0.3, -0.25) is 4.79 Å². The topological polar surface area (TPSA) is 47.8 Å². The third-order valence-electron chi connectivity index (χ3n) is 1.91. The Morgan fingerprint density at radius 1 is 1.38 bits per heavy atom. The molecule has 0 aliphatic rings. The van der Waals surface area contributed by atoms with Crippen LogP contribution in [-0.2, 0) is 7.05 Å². The first-order valence-electron chi connectivity index (χ1n) is 3.97. The van der Waals surface area contributed by atoms with Crippen molar-refractivity contribution in [3.8, 4) is 0 Å². The van der Waals surface area contributed by atoms with Gasteiger partial charge in [0.15, 0.2) is 5.52 Å². The van der Waals surface area contributed by atoms with E-state index in [4.69, 9.17) is 0 Å². The molecule has 13 heavy (non-hydrogen) atoms. The van der Waals surface area contributed by atoms with Crippen molar-refractivity contribution < 1.29 is 0 Å². The van der Waals surface area contributed by atoms with Crippen molar-refractivity contribution >= 4 is 11.0 Å². The van der Waals surface area contributed by atoms with Crippen LogP contribution in [0, 0.1) is 6.92 Å². The van der Waals surface area contributed by atoms with Gasteiger partial charge in [0, 0.05) is 12.7 Å².